The van der Waals surface area contributed by atoms with Crippen LogP contribution in [0.1, 0.15) is 6.42 Å². The number of hydrogen-bond acceptors (Lipinski definition) is 8. The number of halogens is 1. The molecular formula is C21H19FN6O3. The summed E-state index contributed by atoms with van der Waals surface area (Å²) in [5, 5.41) is 14.7. The van der Waals surface area contributed by atoms with Gasteiger partial charge in [-0.2, -0.15) is 0 Å². The highest BCUT2D eigenvalue weighted by atomic mass is 19.1. The van der Waals surface area contributed by atoms with E-state index in [1.807, 2.05) is 0 Å². The molecule has 3 aromatic heterocycles. The van der Waals surface area contributed by atoms with Crippen LogP contribution in [0.25, 0.3) is 33.5 Å². The Morgan fingerprint density at radius 2 is 2.19 bits per heavy atom. The van der Waals surface area contributed by atoms with Crippen molar-refractivity contribution in [2.75, 3.05) is 31.5 Å². The van der Waals surface area contributed by atoms with Gasteiger partial charge in [-0.3, -0.25) is 9.18 Å². The molecule has 0 bridgehead atoms. The number of nitrogens with zero attached hydrogens (tertiary/aromatic N) is 4. The zero-order valence-electron chi connectivity index (χ0n) is 16.8. The number of alkyl halides is 1. The van der Waals surface area contributed by atoms with Gasteiger partial charge in [0.1, 0.15) is 16.8 Å². The lowest BCUT2D eigenvalue weighted by Gasteiger charge is -2.09. The van der Waals surface area contributed by atoms with E-state index in [9.17, 15) is 9.18 Å². The number of nitrogens with one attached hydrogen (secondary N) is 2. The first-order chi connectivity index (χ1) is 15.1. The van der Waals surface area contributed by atoms with Crippen LogP contribution in [0.15, 0.2) is 34.9 Å². The first kappa shape index (κ1) is 19.2. The van der Waals surface area contributed by atoms with Crippen LogP contribution >= 0.6 is 0 Å². The summed E-state index contributed by atoms with van der Waals surface area (Å²) in [6.45, 7) is -0.495. The molecule has 1 fully saturated rings. The standard InChI is InChI=1S/C21H19FN6O3/c1-23-19-18-13(7-17(27-28-18)26-20(29)12-5-10(12)8-22)14(9-24-19)21-25-15-6-11(30-2)3-4-16(15)31-21/h3-4,6-7,9-10,12H,5,8H2,1-2H3,(H,23,24)(H,26,27,29)/t10-,12-/m1/s1. The van der Waals surface area contributed by atoms with E-state index in [4.69, 9.17) is 9.15 Å². The number of anilines is 2. The van der Waals surface area contributed by atoms with Gasteiger partial charge >= 0.3 is 0 Å². The molecule has 9 nitrogen and oxygen atoms in total. The van der Waals surface area contributed by atoms with Gasteiger partial charge in [-0.15, -0.1) is 10.2 Å². The molecule has 3 heterocycles. The Labute approximate surface area is 176 Å². The third kappa shape index (κ3) is 3.39. The number of methoxy groups -OCH3 is 1. The highest BCUT2D eigenvalue weighted by Gasteiger charge is 2.43. The molecule has 2 atom stereocenters. The SMILES string of the molecule is CNc1ncc(-c2nc3cc(OC)ccc3o2)c2cc(NC(=O)[C@@H]3C[C@@H]3CF)nnc12. The van der Waals surface area contributed by atoms with Gasteiger partial charge in [0, 0.05) is 30.6 Å². The maximum absolute atomic E-state index is 12.7. The number of carbonyl (C=O) groups is 1. The molecule has 10 heteroatoms. The Balaban J connectivity index is 1.58. The van der Waals surface area contributed by atoms with Gasteiger partial charge in [-0.1, -0.05) is 0 Å². The predicted molar refractivity (Wildman–Crippen MR) is 113 cm³/mol. The van der Waals surface area contributed by atoms with Crippen molar-refractivity contribution >= 4 is 39.5 Å². The molecule has 2 N–H and O–H groups in total. The van der Waals surface area contributed by atoms with Crippen molar-refractivity contribution in [1.29, 1.82) is 0 Å². The Hall–Kier alpha value is -3.82. The van der Waals surface area contributed by atoms with Gasteiger partial charge in [0.05, 0.1) is 19.3 Å². The quantitative estimate of drug-likeness (QED) is 0.486. The molecule has 31 heavy (non-hydrogen) atoms. The summed E-state index contributed by atoms with van der Waals surface area (Å²) in [6.07, 6.45) is 2.18. The van der Waals surface area contributed by atoms with Gasteiger partial charge < -0.3 is 19.8 Å². The zero-order chi connectivity index (χ0) is 21.5. The second kappa shape index (κ2) is 7.46. The van der Waals surface area contributed by atoms with E-state index < -0.39 is 6.67 Å². The summed E-state index contributed by atoms with van der Waals surface area (Å²) >= 11 is 0. The summed E-state index contributed by atoms with van der Waals surface area (Å²) in [5.74, 6) is 1.04. The fourth-order valence-electron chi connectivity index (χ4n) is 3.55. The molecule has 1 saturated carbocycles. The molecular weight excluding hydrogens is 403 g/mol. The van der Waals surface area contributed by atoms with Gasteiger partial charge in [0.25, 0.3) is 0 Å². The minimum atomic E-state index is -0.495. The normalized spacial score (nSPS) is 17.6. The van der Waals surface area contributed by atoms with Crippen molar-refractivity contribution in [2.24, 2.45) is 11.8 Å². The molecule has 1 aromatic carbocycles. The topological polar surface area (TPSA) is 115 Å². The number of benzene rings is 1. The fraction of sp³-hybridized carbons (Fsp3) is 0.286. The van der Waals surface area contributed by atoms with Crippen molar-refractivity contribution in [3.63, 3.8) is 0 Å². The van der Waals surface area contributed by atoms with Crippen LogP contribution in [-0.2, 0) is 4.79 Å². The third-order valence-electron chi connectivity index (χ3n) is 5.40. The number of oxazole rings is 1. The van der Waals surface area contributed by atoms with Crippen LogP contribution in [0.3, 0.4) is 0 Å². The third-order valence-corrected chi connectivity index (χ3v) is 5.40. The molecule has 1 aliphatic carbocycles. The average molecular weight is 422 g/mol. The minimum absolute atomic E-state index is 0.208. The van der Waals surface area contributed by atoms with Crippen molar-refractivity contribution < 1.29 is 18.3 Å². The van der Waals surface area contributed by atoms with E-state index in [1.54, 1.807) is 44.6 Å². The van der Waals surface area contributed by atoms with Crippen LogP contribution in [0.4, 0.5) is 16.0 Å². The van der Waals surface area contributed by atoms with Crippen LogP contribution in [0, 0.1) is 11.8 Å². The maximum atomic E-state index is 12.7. The number of amides is 1. The highest BCUT2D eigenvalue weighted by molar-refractivity contribution is 6.01. The van der Waals surface area contributed by atoms with Crippen LogP contribution < -0.4 is 15.4 Å². The Morgan fingerprint density at radius 1 is 1.32 bits per heavy atom. The molecule has 5 rings (SSSR count). The number of carbonyl (C=O) groups excluding carboxylic acids is 1. The second-order valence-corrected chi connectivity index (χ2v) is 7.36. The van der Waals surface area contributed by atoms with E-state index in [1.165, 1.54) is 0 Å². The summed E-state index contributed by atoms with van der Waals surface area (Å²) in [4.78, 5) is 21.3. The fourth-order valence-corrected chi connectivity index (χ4v) is 3.55. The predicted octanol–water partition coefficient (Wildman–Crippen LogP) is 3.43. The van der Waals surface area contributed by atoms with E-state index in [0.717, 1.165) is 0 Å². The van der Waals surface area contributed by atoms with Crippen LogP contribution in [-0.4, -0.2) is 46.9 Å². The molecule has 0 unspecified atom stereocenters. The van der Waals surface area contributed by atoms with Crippen molar-refractivity contribution in [3.8, 4) is 17.2 Å². The zero-order valence-corrected chi connectivity index (χ0v) is 16.8. The van der Waals surface area contributed by atoms with E-state index in [0.29, 0.717) is 51.4 Å². The van der Waals surface area contributed by atoms with E-state index >= 15 is 0 Å². The average Bonchev–Trinajstić information content (AvgIpc) is 3.48. The molecule has 1 aliphatic rings. The number of rotatable bonds is 6. The molecule has 1 amide bonds. The molecule has 0 spiro atoms. The number of hydrogen-bond donors (Lipinski definition) is 2. The van der Waals surface area contributed by atoms with Crippen LogP contribution in [0.2, 0.25) is 0 Å². The number of fused-ring (bicyclic) bond motifs is 2. The lowest BCUT2D eigenvalue weighted by molar-refractivity contribution is -0.117. The molecule has 0 aliphatic heterocycles. The van der Waals surface area contributed by atoms with Crippen LogP contribution in [0.5, 0.6) is 5.75 Å². The lowest BCUT2D eigenvalue weighted by Crippen LogP contribution is -2.16. The van der Waals surface area contributed by atoms with Gasteiger partial charge in [-0.05, 0) is 30.5 Å². The van der Waals surface area contributed by atoms with Gasteiger partial charge in [0.15, 0.2) is 17.2 Å². The molecule has 0 saturated heterocycles. The molecule has 158 valence electrons. The van der Waals surface area contributed by atoms with Gasteiger partial charge in [0.2, 0.25) is 11.8 Å². The lowest BCUT2D eigenvalue weighted by atomic mass is 10.1. The number of pyridine rings is 1. The summed E-state index contributed by atoms with van der Waals surface area (Å²) in [7, 11) is 3.32. The smallest absolute Gasteiger partial charge is 0.229 e. The minimum Gasteiger partial charge on any atom is -0.497 e. The van der Waals surface area contributed by atoms with Gasteiger partial charge in [-0.25, -0.2) is 9.97 Å². The molecule has 4 aromatic rings. The maximum Gasteiger partial charge on any atom is 0.229 e. The summed E-state index contributed by atoms with van der Waals surface area (Å²) < 4.78 is 23.9. The summed E-state index contributed by atoms with van der Waals surface area (Å²) in [5.41, 5.74) is 2.35. The van der Waals surface area contributed by atoms with E-state index in [2.05, 4.69) is 30.8 Å². The second-order valence-electron chi connectivity index (χ2n) is 7.36. The van der Waals surface area contributed by atoms with Crippen molar-refractivity contribution in [2.45, 2.75) is 6.42 Å². The van der Waals surface area contributed by atoms with Crippen molar-refractivity contribution in [1.82, 2.24) is 20.2 Å². The number of aromatic nitrogens is 4. The van der Waals surface area contributed by atoms with E-state index in [-0.39, 0.29) is 23.6 Å². The first-order valence-electron chi connectivity index (χ1n) is 9.77. The Morgan fingerprint density at radius 3 is 2.94 bits per heavy atom. The summed E-state index contributed by atoms with van der Waals surface area (Å²) in [6, 6.07) is 7.05. The molecule has 0 radical (unpaired) electrons. The largest absolute Gasteiger partial charge is 0.497 e. The Kier molecular flexibility index (Phi) is 4.61. The Bertz CT molecular complexity index is 1310. The van der Waals surface area contributed by atoms with Crippen molar-refractivity contribution in [3.05, 3.63) is 30.5 Å². The monoisotopic (exact) mass is 422 g/mol. The number of ether oxygens (including phenoxy) is 1. The highest BCUT2D eigenvalue weighted by Crippen LogP contribution is 2.40. The first-order valence-corrected chi connectivity index (χ1v) is 9.77.